The van der Waals surface area contributed by atoms with Crippen LogP contribution in [0.25, 0.3) is 64.7 Å². The highest BCUT2D eigenvalue weighted by Crippen LogP contribution is 2.51. The van der Waals surface area contributed by atoms with Crippen molar-refractivity contribution in [3.05, 3.63) is 171 Å². The minimum Gasteiger partial charge on any atom is -0.477 e. The number of carbonyl (C=O) groups is 2. The van der Waals surface area contributed by atoms with E-state index in [9.17, 15) is 25.2 Å². The van der Waals surface area contributed by atoms with Crippen LogP contribution in [0.2, 0.25) is 0 Å². The number of nitrogens with zero attached hydrogens (tertiary/aromatic N) is 3. The average Bonchev–Trinajstić information content (AvgIpc) is 4.06. The Morgan fingerprint density at radius 1 is 0.677 bits per heavy atom. The van der Waals surface area contributed by atoms with Gasteiger partial charge in [-0.25, -0.2) is 4.79 Å². The molecule has 3 heterocycles. The van der Waals surface area contributed by atoms with Crippen molar-refractivity contribution in [1.29, 1.82) is 10.5 Å². The Morgan fingerprint density at radius 2 is 1.34 bits per heavy atom. The predicted molar refractivity (Wildman–Crippen MR) is 253 cm³/mol. The molecule has 62 heavy (non-hydrogen) atoms. The number of carbonyl (C=O) groups excluding carboxylic acids is 1. The van der Waals surface area contributed by atoms with Gasteiger partial charge in [0.25, 0.3) is 6.47 Å². The first kappa shape index (κ1) is 40.1. The number of hydrogen-bond acceptors (Lipinski definition) is 9. The Labute approximate surface area is 370 Å². The zero-order valence-corrected chi connectivity index (χ0v) is 36.1. The highest BCUT2D eigenvalue weighted by atomic mass is 32.1. The fraction of sp³-hybridized carbons (Fsp3) is 0.0769. The van der Waals surface area contributed by atoms with Crippen LogP contribution >= 0.6 is 34.0 Å². The highest BCUT2D eigenvalue weighted by molar-refractivity contribution is 7.25. The van der Waals surface area contributed by atoms with Gasteiger partial charge in [-0.1, -0.05) is 92.7 Å². The first-order valence-corrected chi connectivity index (χ1v) is 22.1. The van der Waals surface area contributed by atoms with Crippen molar-refractivity contribution in [2.24, 2.45) is 0 Å². The zero-order valence-electron chi connectivity index (χ0n) is 33.7. The van der Waals surface area contributed by atoms with E-state index >= 15 is 0 Å². The Bertz CT molecular complexity index is 3220. The molecule has 5 aromatic carbocycles. The number of aryl methyl sites for hydroxylation is 1. The molecule has 1 aliphatic rings. The van der Waals surface area contributed by atoms with E-state index in [-0.39, 0.29) is 23.2 Å². The van der Waals surface area contributed by atoms with Crippen LogP contribution < -0.4 is 4.90 Å². The van der Waals surface area contributed by atoms with Gasteiger partial charge in [0.05, 0.1) is 4.88 Å². The van der Waals surface area contributed by atoms with E-state index in [2.05, 4.69) is 123 Å². The number of carboxylic acids is 1. The summed E-state index contributed by atoms with van der Waals surface area (Å²) in [4.78, 5) is 30.6. The number of benzene rings is 5. The number of carboxylic acid groups (broad SMARTS) is 1. The molecule has 0 aliphatic heterocycles. The standard InChI is InChI=1S/C52H35N3O4S3/c1-31-24-48(50-43-10-5-4-9-42(43)47(61-50)25-34(28-53)51(57)58)62-49(31)33-14-18-36(19-15-33)55(37-20-22-41-40-8-6-7-11-44(40)52(2,3)45(41)26-37)35-16-12-32(13-17-35)46-23-21-39(60-46)27-38(29-54)59-30-56/h4-27,30H,1-3H3,(H,57,58)/b34-25+,38-27+. The summed E-state index contributed by atoms with van der Waals surface area (Å²) in [5.41, 5.74) is 10.9. The second kappa shape index (κ2) is 16.3. The van der Waals surface area contributed by atoms with Crippen molar-refractivity contribution < 1.29 is 19.4 Å². The Morgan fingerprint density at radius 3 is 2.03 bits per heavy atom. The second-order valence-corrected chi connectivity index (χ2v) is 18.5. The van der Waals surface area contributed by atoms with Gasteiger partial charge < -0.3 is 14.7 Å². The molecule has 0 radical (unpaired) electrons. The van der Waals surface area contributed by atoms with Crippen molar-refractivity contribution in [3.8, 4) is 53.9 Å². The van der Waals surface area contributed by atoms with Gasteiger partial charge in [-0.05, 0) is 107 Å². The molecule has 0 bridgehead atoms. The second-order valence-electron chi connectivity index (χ2n) is 15.3. The minimum absolute atomic E-state index is 0.0611. The van der Waals surface area contributed by atoms with E-state index in [0.29, 0.717) is 0 Å². The summed E-state index contributed by atoms with van der Waals surface area (Å²) in [6.07, 6.45) is 3.03. The summed E-state index contributed by atoms with van der Waals surface area (Å²) in [6.45, 7) is 6.95. The number of hydrogen-bond donors (Lipinski definition) is 1. The summed E-state index contributed by atoms with van der Waals surface area (Å²) in [7, 11) is 0. The molecule has 0 fully saturated rings. The number of fused-ring (bicyclic) bond motifs is 4. The maximum Gasteiger partial charge on any atom is 0.346 e. The molecule has 8 aromatic rings. The summed E-state index contributed by atoms with van der Waals surface area (Å²) in [5, 5.41) is 30.3. The number of anilines is 3. The lowest BCUT2D eigenvalue weighted by Crippen LogP contribution is -2.16. The van der Waals surface area contributed by atoms with Gasteiger partial charge in [-0.2, -0.15) is 10.5 Å². The molecule has 9 rings (SSSR count). The summed E-state index contributed by atoms with van der Waals surface area (Å²) in [6, 6.07) is 50.3. The number of thiophene rings is 3. The smallest absolute Gasteiger partial charge is 0.346 e. The SMILES string of the molecule is Cc1cc(-c2sc(/C=C(\C#N)C(=O)O)c3ccccc23)sc1-c1ccc(N(c2ccc(-c3ccc(/C=C(\C#N)OC=O)s3)cc2)c2ccc3c(c2)C(C)(C)c2ccccc2-3)cc1. The monoisotopic (exact) mass is 861 g/mol. The van der Waals surface area contributed by atoms with Crippen molar-refractivity contribution in [2.45, 2.75) is 26.2 Å². The van der Waals surface area contributed by atoms with E-state index in [1.807, 2.05) is 48.5 Å². The molecule has 0 saturated carbocycles. The van der Waals surface area contributed by atoms with E-state index < -0.39 is 5.97 Å². The van der Waals surface area contributed by atoms with Crippen LogP contribution in [-0.2, 0) is 19.7 Å². The third-order valence-electron chi connectivity index (χ3n) is 11.2. The van der Waals surface area contributed by atoms with Crippen LogP contribution in [-0.4, -0.2) is 17.5 Å². The van der Waals surface area contributed by atoms with E-state index in [4.69, 9.17) is 4.74 Å². The van der Waals surface area contributed by atoms with Crippen LogP contribution in [0, 0.1) is 29.6 Å². The third-order valence-corrected chi connectivity index (χ3v) is 14.9. The number of allylic oxidation sites excluding steroid dienone is 1. The van der Waals surface area contributed by atoms with Crippen LogP contribution in [0.3, 0.4) is 0 Å². The first-order valence-electron chi connectivity index (χ1n) is 19.6. The maximum atomic E-state index is 11.7. The predicted octanol–water partition coefficient (Wildman–Crippen LogP) is 14.1. The van der Waals surface area contributed by atoms with Crippen molar-refractivity contribution in [3.63, 3.8) is 0 Å². The molecular weight excluding hydrogens is 827 g/mol. The van der Waals surface area contributed by atoms with Crippen LogP contribution in [0.1, 0.15) is 40.3 Å². The zero-order chi connectivity index (χ0) is 43.1. The lowest BCUT2D eigenvalue weighted by molar-refractivity contribution is -0.132. The Kier molecular flexibility index (Phi) is 10.5. The van der Waals surface area contributed by atoms with Gasteiger partial charge >= 0.3 is 5.97 Å². The van der Waals surface area contributed by atoms with Gasteiger partial charge in [0.1, 0.15) is 17.7 Å². The number of nitriles is 2. The lowest BCUT2D eigenvalue weighted by atomic mass is 9.82. The molecule has 300 valence electrons. The molecule has 0 atom stereocenters. The largest absolute Gasteiger partial charge is 0.477 e. The van der Waals surface area contributed by atoms with Crippen molar-refractivity contribution in [1.82, 2.24) is 0 Å². The van der Waals surface area contributed by atoms with E-state index in [1.54, 1.807) is 17.4 Å². The first-order chi connectivity index (χ1) is 30.1. The van der Waals surface area contributed by atoms with Crippen LogP contribution in [0.4, 0.5) is 17.1 Å². The lowest BCUT2D eigenvalue weighted by Gasteiger charge is -2.28. The van der Waals surface area contributed by atoms with Crippen LogP contribution in [0.5, 0.6) is 0 Å². The maximum absolute atomic E-state index is 11.7. The summed E-state index contributed by atoms with van der Waals surface area (Å²) >= 11 is 4.70. The normalized spacial score (nSPS) is 12.9. The average molecular weight is 862 g/mol. The van der Waals surface area contributed by atoms with Gasteiger partial charge in [0.2, 0.25) is 5.76 Å². The molecule has 0 amide bonds. The fourth-order valence-corrected chi connectivity index (χ4v) is 11.7. The Balaban J connectivity index is 1.09. The van der Waals surface area contributed by atoms with E-state index in [0.717, 1.165) is 73.8 Å². The Hall–Kier alpha value is -7.34. The highest BCUT2D eigenvalue weighted by Gasteiger charge is 2.35. The molecule has 7 nitrogen and oxygen atoms in total. The van der Waals surface area contributed by atoms with E-state index in [1.165, 1.54) is 51.0 Å². The van der Waals surface area contributed by atoms with Gasteiger partial charge in [0, 0.05) is 63.7 Å². The van der Waals surface area contributed by atoms with Gasteiger partial charge in [0.15, 0.2) is 0 Å². The summed E-state index contributed by atoms with van der Waals surface area (Å²) in [5.74, 6) is -1.30. The van der Waals surface area contributed by atoms with Crippen molar-refractivity contribution >= 4 is 86.4 Å². The van der Waals surface area contributed by atoms with Gasteiger partial charge in [-0.3, -0.25) is 4.79 Å². The molecule has 0 spiro atoms. The fourth-order valence-electron chi connectivity index (χ4n) is 8.23. The molecule has 1 aliphatic carbocycles. The van der Waals surface area contributed by atoms with Crippen LogP contribution in [0.15, 0.2) is 145 Å². The number of aliphatic carboxylic acids is 1. The molecule has 0 unspecified atom stereocenters. The molecule has 1 N–H and O–H groups in total. The minimum atomic E-state index is -1.24. The molecule has 10 heteroatoms. The third kappa shape index (κ3) is 7.21. The quantitative estimate of drug-likeness (QED) is 0.0596. The van der Waals surface area contributed by atoms with Gasteiger partial charge in [-0.15, -0.1) is 34.0 Å². The summed E-state index contributed by atoms with van der Waals surface area (Å²) < 4.78 is 4.78. The number of ether oxygens (including phenoxy) is 1. The molecular formula is C52H35N3O4S3. The topological polar surface area (TPSA) is 114 Å². The molecule has 0 saturated heterocycles. The van der Waals surface area contributed by atoms with Crippen molar-refractivity contribution in [2.75, 3.05) is 4.90 Å². The number of rotatable bonds is 11. The molecule has 3 aromatic heterocycles.